The van der Waals surface area contributed by atoms with E-state index >= 15 is 0 Å². The van der Waals surface area contributed by atoms with Gasteiger partial charge in [-0.1, -0.05) is 41.0 Å². The number of hydrogen-bond donors (Lipinski definition) is 1. The van der Waals surface area contributed by atoms with E-state index in [0.29, 0.717) is 11.5 Å². The molecule has 0 bridgehead atoms. The summed E-state index contributed by atoms with van der Waals surface area (Å²) in [5.74, 6) is 0.851. The van der Waals surface area contributed by atoms with E-state index in [0.717, 1.165) is 12.5 Å². The maximum absolute atomic E-state index is 3.56. The van der Waals surface area contributed by atoms with Crippen LogP contribution in [-0.2, 0) is 0 Å². The Kier molecular flexibility index (Phi) is 7.25. The average Bonchev–Trinajstić information content (AvgIpc) is 2.10. The van der Waals surface area contributed by atoms with Crippen LogP contribution in [0.5, 0.6) is 0 Å². The third-order valence-corrected chi connectivity index (χ3v) is 2.89. The van der Waals surface area contributed by atoms with Gasteiger partial charge in [-0.3, -0.25) is 0 Å². The van der Waals surface area contributed by atoms with Crippen molar-refractivity contribution in [2.75, 3.05) is 6.54 Å². The lowest BCUT2D eigenvalue weighted by Gasteiger charge is -2.23. The molecule has 15 heavy (non-hydrogen) atoms. The van der Waals surface area contributed by atoms with Gasteiger partial charge in [0.05, 0.1) is 0 Å². The molecule has 0 aliphatic carbocycles. The number of nitrogens with one attached hydrogen (secondary N) is 1. The van der Waals surface area contributed by atoms with E-state index in [1.165, 1.54) is 25.7 Å². The SMILES string of the molecule is CCCNC(C)CC(C)CCC(C)(C)C. The minimum Gasteiger partial charge on any atom is -0.314 e. The molecule has 0 aromatic carbocycles. The van der Waals surface area contributed by atoms with Crippen LogP contribution in [0.15, 0.2) is 0 Å². The molecule has 0 aromatic heterocycles. The molecule has 0 aliphatic heterocycles. The Bertz CT molecular complexity index is 146. The lowest BCUT2D eigenvalue weighted by atomic mass is 9.85. The van der Waals surface area contributed by atoms with Crippen molar-refractivity contribution in [1.29, 1.82) is 0 Å². The molecule has 0 spiro atoms. The van der Waals surface area contributed by atoms with Gasteiger partial charge >= 0.3 is 0 Å². The summed E-state index contributed by atoms with van der Waals surface area (Å²) in [7, 11) is 0. The maximum Gasteiger partial charge on any atom is 0.00412 e. The van der Waals surface area contributed by atoms with E-state index < -0.39 is 0 Å². The van der Waals surface area contributed by atoms with Crippen LogP contribution in [0.3, 0.4) is 0 Å². The van der Waals surface area contributed by atoms with Gasteiger partial charge in [0.15, 0.2) is 0 Å². The molecule has 2 unspecified atom stereocenters. The minimum atomic E-state index is 0.494. The normalized spacial score (nSPS) is 16.4. The zero-order chi connectivity index (χ0) is 11.9. The highest BCUT2D eigenvalue weighted by atomic mass is 14.9. The topological polar surface area (TPSA) is 12.0 Å². The standard InChI is InChI=1S/C14H31N/c1-7-10-15-13(3)11-12(2)8-9-14(4,5)6/h12-13,15H,7-11H2,1-6H3. The summed E-state index contributed by atoms with van der Waals surface area (Å²) >= 11 is 0. The molecule has 0 rings (SSSR count). The second kappa shape index (κ2) is 7.27. The van der Waals surface area contributed by atoms with Gasteiger partial charge in [0.25, 0.3) is 0 Å². The van der Waals surface area contributed by atoms with Gasteiger partial charge in [0.2, 0.25) is 0 Å². The van der Waals surface area contributed by atoms with Crippen molar-refractivity contribution in [3.8, 4) is 0 Å². The van der Waals surface area contributed by atoms with Crippen molar-refractivity contribution in [2.45, 2.75) is 73.3 Å². The van der Waals surface area contributed by atoms with Gasteiger partial charge < -0.3 is 5.32 Å². The first-order valence-corrected chi connectivity index (χ1v) is 6.58. The van der Waals surface area contributed by atoms with Crippen molar-refractivity contribution in [1.82, 2.24) is 5.32 Å². The van der Waals surface area contributed by atoms with Crippen LogP contribution in [0.1, 0.15) is 67.2 Å². The van der Waals surface area contributed by atoms with Gasteiger partial charge in [-0.15, -0.1) is 0 Å². The lowest BCUT2D eigenvalue weighted by Crippen LogP contribution is -2.28. The summed E-state index contributed by atoms with van der Waals surface area (Å²) in [4.78, 5) is 0. The Balaban J connectivity index is 3.59. The molecule has 92 valence electrons. The fraction of sp³-hybridized carbons (Fsp3) is 1.00. The van der Waals surface area contributed by atoms with Crippen molar-refractivity contribution < 1.29 is 0 Å². The van der Waals surface area contributed by atoms with E-state index in [1.54, 1.807) is 0 Å². The summed E-state index contributed by atoms with van der Waals surface area (Å²) < 4.78 is 0. The molecule has 0 aliphatic rings. The largest absolute Gasteiger partial charge is 0.314 e. The summed E-state index contributed by atoms with van der Waals surface area (Å²) in [6, 6.07) is 0.680. The predicted molar refractivity (Wildman–Crippen MR) is 70.2 cm³/mol. The van der Waals surface area contributed by atoms with Gasteiger partial charge in [-0.25, -0.2) is 0 Å². The van der Waals surface area contributed by atoms with Crippen molar-refractivity contribution in [2.24, 2.45) is 11.3 Å². The van der Waals surface area contributed by atoms with Crippen LogP contribution in [0.4, 0.5) is 0 Å². The molecule has 0 saturated carbocycles. The minimum absolute atomic E-state index is 0.494. The quantitative estimate of drug-likeness (QED) is 0.667. The first-order chi connectivity index (χ1) is 6.85. The Morgan fingerprint density at radius 1 is 1.13 bits per heavy atom. The Morgan fingerprint density at radius 2 is 1.73 bits per heavy atom. The van der Waals surface area contributed by atoms with Crippen molar-refractivity contribution in [3.05, 3.63) is 0 Å². The van der Waals surface area contributed by atoms with Crippen molar-refractivity contribution >= 4 is 0 Å². The monoisotopic (exact) mass is 213 g/mol. The van der Waals surface area contributed by atoms with Gasteiger partial charge in [-0.05, 0) is 44.1 Å². The van der Waals surface area contributed by atoms with Crippen LogP contribution in [0.2, 0.25) is 0 Å². The predicted octanol–water partition coefficient (Wildman–Crippen LogP) is 4.23. The molecule has 0 amide bonds. The van der Waals surface area contributed by atoms with Crippen LogP contribution in [0, 0.1) is 11.3 Å². The van der Waals surface area contributed by atoms with Crippen LogP contribution < -0.4 is 5.32 Å². The molecule has 0 saturated heterocycles. The summed E-state index contributed by atoms with van der Waals surface area (Å²) in [6.07, 6.45) is 5.26. The van der Waals surface area contributed by atoms with E-state index in [1.807, 2.05) is 0 Å². The number of hydrogen-bond acceptors (Lipinski definition) is 1. The molecule has 1 heteroatoms. The van der Waals surface area contributed by atoms with Gasteiger partial charge in [0, 0.05) is 6.04 Å². The van der Waals surface area contributed by atoms with Crippen molar-refractivity contribution in [3.63, 3.8) is 0 Å². The highest BCUT2D eigenvalue weighted by Crippen LogP contribution is 2.25. The summed E-state index contributed by atoms with van der Waals surface area (Å²) in [6.45, 7) is 15.1. The molecule has 1 N–H and O–H groups in total. The molecular formula is C14H31N. The second-order valence-electron chi connectivity index (χ2n) is 6.30. The first kappa shape index (κ1) is 15.0. The Labute approximate surface area is 97.0 Å². The highest BCUT2D eigenvalue weighted by Gasteiger charge is 2.14. The molecule has 0 fully saturated rings. The van der Waals surface area contributed by atoms with Gasteiger partial charge in [0.1, 0.15) is 0 Å². The molecule has 1 nitrogen and oxygen atoms in total. The van der Waals surface area contributed by atoms with E-state index in [4.69, 9.17) is 0 Å². The lowest BCUT2D eigenvalue weighted by molar-refractivity contribution is 0.308. The highest BCUT2D eigenvalue weighted by molar-refractivity contribution is 4.68. The number of rotatable bonds is 7. The third kappa shape index (κ3) is 10.2. The van der Waals surface area contributed by atoms with E-state index in [9.17, 15) is 0 Å². The van der Waals surface area contributed by atoms with E-state index in [2.05, 4.69) is 46.9 Å². The smallest absolute Gasteiger partial charge is 0.00412 e. The molecule has 2 atom stereocenters. The van der Waals surface area contributed by atoms with Crippen LogP contribution in [0.25, 0.3) is 0 Å². The molecule has 0 radical (unpaired) electrons. The molecular weight excluding hydrogens is 182 g/mol. The fourth-order valence-electron chi connectivity index (χ4n) is 1.87. The third-order valence-electron chi connectivity index (χ3n) is 2.89. The average molecular weight is 213 g/mol. The summed E-state index contributed by atoms with van der Waals surface area (Å²) in [5.41, 5.74) is 0.494. The van der Waals surface area contributed by atoms with Crippen LogP contribution in [-0.4, -0.2) is 12.6 Å². The van der Waals surface area contributed by atoms with E-state index in [-0.39, 0.29) is 0 Å². The zero-order valence-corrected chi connectivity index (χ0v) is 11.7. The Morgan fingerprint density at radius 3 is 2.20 bits per heavy atom. The van der Waals surface area contributed by atoms with Crippen LogP contribution >= 0.6 is 0 Å². The second-order valence-corrected chi connectivity index (χ2v) is 6.30. The Hall–Kier alpha value is -0.0400. The molecule has 0 heterocycles. The van der Waals surface area contributed by atoms with Gasteiger partial charge in [-0.2, -0.15) is 0 Å². The zero-order valence-electron chi connectivity index (χ0n) is 11.7. The molecule has 0 aromatic rings. The summed E-state index contributed by atoms with van der Waals surface area (Å²) in [5, 5.41) is 3.56. The first-order valence-electron chi connectivity index (χ1n) is 6.58. The maximum atomic E-state index is 3.56. The fourth-order valence-corrected chi connectivity index (χ4v) is 1.87.